The number of nitrogens with zero attached hydrogens (tertiary/aromatic N) is 1. The van der Waals surface area contributed by atoms with E-state index in [4.69, 9.17) is 9.63 Å². The first kappa shape index (κ1) is 24.7. The van der Waals surface area contributed by atoms with Gasteiger partial charge in [-0.1, -0.05) is 13.8 Å². The highest BCUT2D eigenvalue weighted by Gasteiger charge is 2.26. The largest absolute Gasteiger partial charge is 0.481 e. The SMILES string of the molecule is CC(C)c1c(CCCO[PH](=O)C[C@@H](O)CC(=O)O)c(-c2ccc(F)cc2)n2c1CCCC2. The van der Waals surface area contributed by atoms with E-state index in [1.54, 1.807) is 0 Å². The number of aliphatic hydroxyl groups excluding tert-OH is 1. The van der Waals surface area contributed by atoms with Crippen LogP contribution in [0.1, 0.15) is 62.3 Å². The Labute approximate surface area is 189 Å². The molecule has 176 valence electrons. The van der Waals surface area contributed by atoms with Crippen LogP contribution in [-0.2, 0) is 33.3 Å². The van der Waals surface area contributed by atoms with Gasteiger partial charge in [-0.3, -0.25) is 9.36 Å². The third-order valence-corrected chi connectivity index (χ3v) is 7.24. The van der Waals surface area contributed by atoms with E-state index >= 15 is 0 Å². The second-order valence-electron chi connectivity index (χ2n) is 8.74. The lowest BCUT2D eigenvalue weighted by Gasteiger charge is -2.20. The lowest BCUT2D eigenvalue weighted by atomic mass is 9.92. The molecule has 0 radical (unpaired) electrons. The van der Waals surface area contributed by atoms with Gasteiger partial charge in [0.05, 0.1) is 24.8 Å². The second kappa shape index (κ2) is 11.3. The number of carbonyl (C=O) groups is 1. The minimum Gasteiger partial charge on any atom is -0.481 e. The summed E-state index contributed by atoms with van der Waals surface area (Å²) in [6.45, 7) is 5.62. The molecule has 3 rings (SSSR count). The van der Waals surface area contributed by atoms with Crippen LogP contribution in [0, 0.1) is 5.82 Å². The van der Waals surface area contributed by atoms with Crippen molar-refractivity contribution in [3.63, 3.8) is 0 Å². The molecule has 1 aromatic carbocycles. The molecular formula is C24H33FNO5P. The van der Waals surface area contributed by atoms with Gasteiger partial charge in [-0.15, -0.1) is 0 Å². The normalized spacial score (nSPS) is 15.5. The molecule has 0 bridgehead atoms. The quantitative estimate of drug-likeness (QED) is 0.360. The zero-order valence-electron chi connectivity index (χ0n) is 18.8. The molecule has 2 heterocycles. The van der Waals surface area contributed by atoms with Crippen LogP contribution in [-0.4, -0.2) is 39.6 Å². The van der Waals surface area contributed by atoms with Crippen molar-refractivity contribution >= 4 is 14.0 Å². The molecule has 2 atom stereocenters. The Morgan fingerprint density at radius 3 is 2.62 bits per heavy atom. The summed E-state index contributed by atoms with van der Waals surface area (Å²) in [4.78, 5) is 10.6. The predicted octanol–water partition coefficient (Wildman–Crippen LogP) is 5.01. The Balaban J connectivity index is 1.76. The molecule has 1 unspecified atom stereocenters. The van der Waals surface area contributed by atoms with Gasteiger partial charge in [0.2, 0.25) is 0 Å². The molecule has 0 amide bonds. The molecule has 1 aliphatic heterocycles. The topological polar surface area (TPSA) is 88.8 Å². The van der Waals surface area contributed by atoms with Gasteiger partial charge in [-0.2, -0.15) is 0 Å². The summed E-state index contributed by atoms with van der Waals surface area (Å²) in [7, 11) is -2.49. The van der Waals surface area contributed by atoms with E-state index < -0.39 is 26.5 Å². The van der Waals surface area contributed by atoms with Crippen molar-refractivity contribution in [3.8, 4) is 11.3 Å². The van der Waals surface area contributed by atoms with Gasteiger partial charge < -0.3 is 19.3 Å². The Bertz CT molecular complexity index is 954. The highest BCUT2D eigenvalue weighted by Crippen LogP contribution is 2.39. The summed E-state index contributed by atoms with van der Waals surface area (Å²) in [5.74, 6) is -1.03. The molecule has 1 aromatic heterocycles. The summed E-state index contributed by atoms with van der Waals surface area (Å²) in [6.07, 6.45) is 2.98. The van der Waals surface area contributed by atoms with Crippen LogP contribution in [0.4, 0.5) is 4.39 Å². The molecule has 0 saturated carbocycles. The fourth-order valence-electron chi connectivity index (χ4n) is 4.66. The number of halogens is 1. The van der Waals surface area contributed by atoms with Crippen LogP contribution in [0.25, 0.3) is 11.3 Å². The minimum absolute atomic E-state index is 0.143. The van der Waals surface area contributed by atoms with Crippen molar-refractivity contribution in [2.75, 3.05) is 12.8 Å². The number of aliphatic hydroxyl groups is 1. The van der Waals surface area contributed by atoms with Crippen molar-refractivity contribution in [2.24, 2.45) is 0 Å². The monoisotopic (exact) mass is 465 g/mol. The van der Waals surface area contributed by atoms with Gasteiger partial charge in [0.1, 0.15) is 5.82 Å². The number of fused-ring (bicyclic) bond motifs is 1. The van der Waals surface area contributed by atoms with E-state index in [1.807, 2.05) is 12.1 Å². The molecule has 6 nitrogen and oxygen atoms in total. The van der Waals surface area contributed by atoms with Crippen LogP contribution in [0.2, 0.25) is 0 Å². The van der Waals surface area contributed by atoms with E-state index in [9.17, 15) is 18.9 Å². The molecule has 0 fully saturated rings. The number of rotatable bonds is 11. The number of aliphatic carboxylic acids is 1. The van der Waals surface area contributed by atoms with Crippen LogP contribution < -0.4 is 0 Å². The molecule has 0 aliphatic carbocycles. The lowest BCUT2D eigenvalue weighted by Crippen LogP contribution is -2.15. The van der Waals surface area contributed by atoms with Crippen molar-refractivity contribution in [1.29, 1.82) is 0 Å². The average Bonchev–Trinajstić information content (AvgIpc) is 3.05. The first-order valence-electron chi connectivity index (χ1n) is 11.3. The van der Waals surface area contributed by atoms with Crippen LogP contribution in [0.5, 0.6) is 0 Å². The maximum Gasteiger partial charge on any atom is 0.305 e. The summed E-state index contributed by atoms with van der Waals surface area (Å²) in [5.41, 5.74) is 6.12. The highest BCUT2D eigenvalue weighted by molar-refractivity contribution is 7.39. The Kier molecular flexibility index (Phi) is 8.69. The molecule has 0 spiro atoms. The molecule has 1 aliphatic rings. The van der Waals surface area contributed by atoms with Crippen molar-refractivity contribution in [3.05, 3.63) is 46.9 Å². The van der Waals surface area contributed by atoms with E-state index in [1.165, 1.54) is 29.0 Å². The number of hydrogen-bond donors (Lipinski definition) is 2. The molecule has 32 heavy (non-hydrogen) atoms. The Morgan fingerprint density at radius 1 is 1.25 bits per heavy atom. The van der Waals surface area contributed by atoms with E-state index in [-0.39, 0.29) is 18.6 Å². The third-order valence-electron chi connectivity index (χ3n) is 5.90. The van der Waals surface area contributed by atoms with Crippen molar-refractivity contribution < 1.29 is 28.5 Å². The fraction of sp³-hybridized carbons (Fsp3) is 0.542. The van der Waals surface area contributed by atoms with Gasteiger partial charge >= 0.3 is 5.97 Å². The number of carboxylic acid groups (broad SMARTS) is 1. The smallest absolute Gasteiger partial charge is 0.305 e. The number of benzene rings is 1. The van der Waals surface area contributed by atoms with Crippen molar-refractivity contribution in [2.45, 2.75) is 70.9 Å². The summed E-state index contributed by atoms with van der Waals surface area (Å²) in [6, 6.07) is 6.65. The van der Waals surface area contributed by atoms with Crippen molar-refractivity contribution in [1.82, 2.24) is 4.57 Å². The number of carboxylic acids is 1. The van der Waals surface area contributed by atoms with Crippen LogP contribution in [0.15, 0.2) is 24.3 Å². The zero-order chi connectivity index (χ0) is 23.3. The standard InChI is InChI=1S/C24H33FNO5P/c1-16(2)23-20(6-5-13-31-32(30)15-19(27)14-22(28)29)24(17-8-10-18(25)11-9-17)26-12-4-3-7-21(23)26/h8-11,16,19,27,32H,3-7,12-15H2,1-2H3,(H,28,29)/t19-/m0/s1. The third kappa shape index (κ3) is 6.09. The molecule has 8 heteroatoms. The van der Waals surface area contributed by atoms with Crippen LogP contribution >= 0.6 is 8.03 Å². The van der Waals surface area contributed by atoms with E-state index in [2.05, 4.69) is 18.4 Å². The maximum atomic E-state index is 13.6. The highest BCUT2D eigenvalue weighted by atomic mass is 31.1. The zero-order valence-corrected chi connectivity index (χ0v) is 19.8. The molecule has 2 aromatic rings. The average molecular weight is 466 g/mol. The number of hydrogen-bond acceptors (Lipinski definition) is 4. The summed E-state index contributed by atoms with van der Waals surface area (Å²) < 4.78 is 33.4. The van der Waals surface area contributed by atoms with Gasteiger partial charge in [-0.25, -0.2) is 4.39 Å². The van der Waals surface area contributed by atoms with Gasteiger partial charge in [0.15, 0.2) is 8.03 Å². The molecule has 0 saturated heterocycles. The summed E-state index contributed by atoms with van der Waals surface area (Å²) >= 11 is 0. The lowest BCUT2D eigenvalue weighted by molar-refractivity contribution is -0.138. The Hall–Kier alpha value is -1.95. The van der Waals surface area contributed by atoms with Gasteiger partial charge in [0, 0.05) is 18.4 Å². The minimum atomic E-state index is -2.49. The van der Waals surface area contributed by atoms with E-state index in [0.717, 1.165) is 43.5 Å². The van der Waals surface area contributed by atoms with Gasteiger partial charge in [-0.05, 0) is 79.0 Å². The van der Waals surface area contributed by atoms with Gasteiger partial charge in [0.25, 0.3) is 0 Å². The molecular weight excluding hydrogens is 432 g/mol. The maximum absolute atomic E-state index is 13.6. The second-order valence-corrected chi connectivity index (χ2v) is 10.2. The van der Waals surface area contributed by atoms with Crippen LogP contribution in [0.3, 0.4) is 0 Å². The first-order chi connectivity index (χ1) is 15.3. The number of aromatic nitrogens is 1. The molecule has 2 N–H and O–H groups in total. The first-order valence-corrected chi connectivity index (χ1v) is 12.9. The fourth-order valence-corrected chi connectivity index (χ4v) is 5.68. The predicted molar refractivity (Wildman–Crippen MR) is 123 cm³/mol. The van der Waals surface area contributed by atoms with E-state index in [0.29, 0.717) is 12.3 Å². The Morgan fingerprint density at radius 2 is 1.97 bits per heavy atom. The summed E-state index contributed by atoms with van der Waals surface area (Å²) in [5, 5.41) is 18.3.